The summed E-state index contributed by atoms with van der Waals surface area (Å²) in [6, 6.07) is 7.75. The van der Waals surface area contributed by atoms with E-state index in [9.17, 15) is 4.79 Å². The van der Waals surface area contributed by atoms with Gasteiger partial charge in [0.15, 0.2) is 0 Å². The van der Waals surface area contributed by atoms with Crippen molar-refractivity contribution in [2.45, 2.75) is 13.3 Å². The summed E-state index contributed by atoms with van der Waals surface area (Å²) in [5.74, 6) is 0.483. The van der Waals surface area contributed by atoms with E-state index in [2.05, 4.69) is 5.32 Å². The number of methoxy groups -OCH3 is 1. The van der Waals surface area contributed by atoms with Crippen LogP contribution in [0.1, 0.15) is 12.5 Å². The van der Waals surface area contributed by atoms with Gasteiger partial charge >= 0.3 is 5.97 Å². The van der Waals surface area contributed by atoms with Crippen molar-refractivity contribution < 1.29 is 14.3 Å². The Morgan fingerprint density at radius 3 is 2.83 bits per heavy atom. The van der Waals surface area contributed by atoms with Crippen LogP contribution < -0.4 is 10.1 Å². The normalized spacial score (nSPS) is 11.9. The van der Waals surface area contributed by atoms with Crippen LogP contribution in [0.4, 0.5) is 0 Å². The van der Waals surface area contributed by atoms with E-state index in [1.165, 1.54) is 0 Å². The summed E-state index contributed by atoms with van der Waals surface area (Å²) in [6.45, 7) is 2.84. The highest BCUT2D eigenvalue weighted by molar-refractivity contribution is 5.73. The van der Waals surface area contributed by atoms with Crippen molar-refractivity contribution in [2.75, 3.05) is 27.3 Å². The molecule has 0 radical (unpaired) electrons. The first-order chi connectivity index (χ1) is 8.71. The molecule has 0 aliphatic rings. The van der Waals surface area contributed by atoms with Crippen LogP contribution in [0, 0.1) is 5.92 Å². The third kappa shape index (κ3) is 4.37. The Kier molecular flexibility index (Phi) is 6.22. The molecule has 0 saturated carbocycles. The van der Waals surface area contributed by atoms with Gasteiger partial charge in [0.05, 0.1) is 19.6 Å². The van der Waals surface area contributed by atoms with Gasteiger partial charge in [0, 0.05) is 6.54 Å². The Morgan fingerprint density at radius 2 is 2.22 bits per heavy atom. The first-order valence-electron chi connectivity index (χ1n) is 6.15. The van der Waals surface area contributed by atoms with Gasteiger partial charge in [0.1, 0.15) is 5.75 Å². The topological polar surface area (TPSA) is 47.6 Å². The predicted octanol–water partition coefficient (Wildman–Crippen LogP) is 1.64. The third-order valence-corrected chi connectivity index (χ3v) is 2.69. The number of carbonyl (C=O) groups excluding carboxylic acids is 1. The Bertz CT molecular complexity index is 379. The minimum absolute atomic E-state index is 0.158. The summed E-state index contributed by atoms with van der Waals surface area (Å²) >= 11 is 0. The summed E-state index contributed by atoms with van der Waals surface area (Å²) in [5, 5.41) is 3.02. The van der Waals surface area contributed by atoms with E-state index >= 15 is 0 Å². The predicted molar refractivity (Wildman–Crippen MR) is 70.7 cm³/mol. The van der Waals surface area contributed by atoms with E-state index in [0.717, 1.165) is 11.3 Å². The Morgan fingerprint density at radius 1 is 1.44 bits per heavy atom. The molecule has 4 nitrogen and oxygen atoms in total. The number of nitrogens with one attached hydrogen (secondary N) is 1. The molecule has 0 amide bonds. The van der Waals surface area contributed by atoms with Gasteiger partial charge in [-0.2, -0.15) is 0 Å². The molecular weight excluding hydrogens is 230 g/mol. The Hall–Kier alpha value is -1.55. The fourth-order valence-electron chi connectivity index (χ4n) is 1.83. The lowest BCUT2D eigenvalue weighted by molar-refractivity contribution is -0.147. The van der Waals surface area contributed by atoms with E-state index in [0.29, 0.717) is 19.6 Å². The molecule has 0 spiro atoms. The second-order valence-corrected chi connectivity index (χ2v) is 4.06. The molecule has 0 heterocycles. The highest BCUT2D eigenvalue weighted by Gasteiger charge is 2.19. The lowest BCUT2D eigenvalue weighted by Gasteiger charge is -2.15. The van der Waals surface area contributed by atoms with Crippen LogP contribution in [0.2, 0.25) is 0 Å². The summed E-state index contributed by atoms with van der Waals surface area (Å²) < 4.78 is 10.2. The lowest BCUT2D eigenvalue weighted by atomic mass is 9.99. The van der Waals surface area contributed by atoms with Crippen LogP contribution in [0.3, 0.4) is 0 Å². The number of hydrogen-bond donors (Lipinski definition) is 1. The number of rotatable bonds is 7. The second-order valence-electron chi connectivity index (χ2n) is 4.06. The summed E-state index contributed by atoms with van der Waals surface area (Å²) in [7, 11) is 3.47. The highest BCUT2D eigenvalue weighted by atomic mass is 16.5. The van der Waals surface area contributed by atoms with Crippen LogP contribution in [0.25, 0.3) is 0 Å². The molecule has 0 aromatic heterocycles. The molecule has 4 heteroatoms. The van der Waals surface area contributed by atoms with Crippen LogP contribution in [0.15, 0.2) is 24.3 Å². The first kappa shape index (κ1) is 14.5. The number of hydrogen-bond acceptors (Lipinski definition) is 4. The van der Waals surface area contributed by atoms with Gasteiger partial charge in [-0.15, -0.1) is 0 Å². The minimum atomic E-state index is -0.165. The second kappa shape index (κ2) is 7.71. The molecule has 100 valence electrons. The van der Waals surface area contributed by atoms with Gasteiger partial charge in [0.2, 0.25) is 0 Å². The standard InChI is InChI=1S/C14H21NO3/c1-4-18-14(16)12(10-15-2)8-11-6-5-7-13(9-11)17-3/h5-7,9,12,15H,4,8,10H2,1-3H3/t12-/m0/s1. The average Bonchev–Trinajstić information content (AvgIpc) is 2.39. The van der Waals surface area contributed by atoms with Gasteiger partial charge in [-0.05, 0) is 38.1 Å². The number of esters is 1. The zero-order chi connectivity index (χ0) is 13.4. The molecule has 1 aromatic carbocycles. The Balaban J connectivity index is 2.72. The molecule has 0 bridgehead atoms. The van der Waals surface area contributed by atoms with Crippen molar-refractivity contribution in [3.63, 3.8) is 0 Å². The van der Waals surface area contributed by atoms with Crippen LogP contribution in [-0.2, 0) is 16.0 Å². The molecule has 0 aliphatic heterocycles. The quantitative estimate of drug-likeness (QED) is 0.748. The van der Waals surface area contributed by atoms with Gasteiger partial charge in [-0.3, -0.25) is 4.79 Å². The Labute approximate surface area is 108 Å². The summed E-state index contributed by atoms with van der Waals surface area (Å²) in [5.41, 5.74) is 1.07. The number of ether oxygens (including phenoxy) is 2. The molecule has 18 heavy (non-hydrogen) atoms. The summed E-state index contributed by atoms with van der Waals surface area (Å²) in [6.07, 6.45) is 0.650. The van der Waals surface area contributed by atoms with Gasteiger partial charge < -0.3 is 14.8 Å². The van der Waals surface area contributed by atoms with E-state index in [4.69, 9.17) is 9.47 Å². The zero-order valence-corrected chi connectivity index (χ0v) is 11.2. The van der Waals surface area contributed by atoms with Crippen molar-refractivity contribution in [1.29, 1.82) is 0 Å². The smallest absolute Gasteiger partial charge is 0.310 e. The number of carbonyl (C=O) groups is 1. The molecule has 1 N–H and O–H groups in total. The van der Waals surface area contributed by atoms with E-state index < -0.39 is 0 Å². The maximum Gasteiger partial charge on any atom is 0.310 e. The largest absolute Gasteiger partial charge is 0.497 e. The van der Waals surface area contributed by atoms with Crippen molar-refractivity contribution in [3.05, 3.63) is 29.8 Å². The maximum atomic E-state index is 11.8. The van der Waals surface area contributed by atoms with E-state index in [-0.39, 0.29) is 11.9 Å². The van der Waals surface area contributed by atoms with Gasteiger partial charge in [0.25, 0.3) is 0 Å². The van der Waals surface area contributed by atoms with Crippen LogP contribution in [0.5, 0.6) is 5.75 Å². The number of benzene rings is 1. The molecule has 1 rings (SSSR count). The highest BCUT2D eigenvalue weighted by Crippen LogP contribution is 2.16. The molecule has 1 atom stereocenters. The molecule has 0 saturated heterocycles. The van der Waals surface area contributed by atoms with Gasteiger partial charge in [-0.25, -0.2) is 0 Å². The van der Waals surface area contributed by atoms with Crippen molar-refractivity contribution in [2.24, 2.45) is 5.92 Å². The zero-order valence-electron chi connectivity index (χ0n) is 11.2. The average molecular weight is 251 g/mol. The van der Waals surface area contributed by atoms with Crippen LogP contribution in [-0.4, -0.2) is 33.3 Å². The fraction of sp³-hybridized carbons (Fsp3) is 0.500. The van der Waals surface area contributed by atoms with E-state index in [1.54, 1.807) is 7.11 Å². The van der Waals surface area contributed by atoms with Crippen molar-refractivity contribution in [1.82, 2.24) is 5.32 Å². The summed E-state index contributed by atoms with van der Waals surface area (Å²) in [4.78, 5) is 11.8. The fourth-order valence-corrected chi connectivity index (χ4v) is 1.83. The van der Waals surface area contributed by atoms with Crippen molar-refractivity contribution in [3.8, 4) is 5.75 Å². The van der Waals surface area contributed by atoms with Gasteiger partial charge in [-0.1, -0.05) is 12.1 Å². The van der Waals surface area contributed by atoms with E-state index in [1.807, 2.05) is 38.2 Å². The third-order valence-electron chi connectivity index (χ3n) is 2.69. The molecule has 0 aliphatic carbocycles. The first-order valence-corrected chi connectivity index (χ1v) is 6.15. The molecular formula is C14H21NO3. The minimum Gasteiger partial charge on any atom is -0.497 e. The monoisotopic (exact) mass is 251 g/mol. The van der Waals surface area contributed by atoms with Crippen molar-refractivity contribution >= 4 is 5.97 Å². The maximum absolute atomic E-state index is 11.8. The molecule has 0 fully saturated rings. The molecule has 0 unspecified atom stereocenters. The molecule has 1 aromatic rings. The van der Waals surface area contributed by atoms with Crippen LogP contribution >= 0.6 is 0 Å². The lowest BCUT2D eigenvalue weighted by Crippen LogP contribution is -2.29. The SMILES string of the molecule is CCOC(=O)[C@H](CNC)Cc1cccc(OC)c1.